The third-order valence-corrected chi connectivity index (χ3v) is 15.9. The van der Waals surface area contributed by atoms with Crippen molar-refractivity contribution in [2.24, 2.45) is 11.8 Å². The fourth-order valence-corrected chi connectivity index (χ4v) is 15.5. The van der Waals surface area contributed by atoms with Crippen LogP contribution < -0.4 is 21.2 Å². The third-order valence-electron chi connectivity index (χ3n) is 8.23. The molecule has 4 heteroatoms. The highest BCUT2D eigenvalue weighted by atomic mass is 31.2. The molecule has 2 aliphatic rings. The minimum absolute atomic E-state index is 0.141. The van der Waals surface area contributed by atoms with Crippen LogP contribution in [0.3, 0.4) is 0 Å². The largest absolute Gasteiger partial charge is 0.313 e. The number of benzene rings is 4. The van der Waals surface area contributed by atoms with Crippen LogP contribution in [0.5, 0.6) is 0 Å². The molecule has 2 bridgehead atoms. The lowest BCUT2D eigenvalue weighted by atomic mass is 9.99. The molecule has 176 valence electrons. The van der Waals surface area contributed by atoms with Crippen LogP contribution in [0.25, 0.3) is 0 Å². The summed E-state index contributed by atoms with van der Waals surface area (Å²) in [5.41, 5.74) is -0.283. The van der Waals surface area contributed by atoms with Gasteiger partial charge in [0.25, 0.3) is 0 Å². The topological polar surface area (TPSA) is 34.1 Å². The second-order valence-electron chi connectivity index (χ2n) is 9.97. The lowest BCUT2D eigenvalue weighted by molar-refractivity contribution is 0.463. The molecular formula is C31H30O2P2. The first-order valence-corrected chi connectivity index (χ1v) is 16.1. The van der Waals surface area contributed by atoms with E-state index in [1.54, 1.807) is 0 Å². The van der Waals surface area contributed by atoms with Crippen molar-refractivity contribution < 1.29 is 9.13 Å². The van der Waals surface area contributed by atoms with Crippen LogP contribution >= 0.6 is 14.3 Å². The SMILES string of the molecule is O=P(c1ccccc1)(c1ccccc1)[C@@H]1[C@H]2CC[C@@H](C2)[C@H]1P(=O)(c1ccccc1)c1ccccc1. The molecule has 2 nitrogen and oxygen atoms in total. The average molecular weight is 497 g/mol. The molecule has 0 radical (unpaired) electrons. The maximum absolute atomic E-state index is 15.6. The van der Waals surface area contributed by atoms with Crippen molar-refractivity contribution in [1.29, 1.82) is 0 Å². The Morgan fingerprint density at radius 1 is 0.429 bits per heavy atom. The summed E-state index contributed by atoms with van der Waals surface area (Å²) in [6, 6.07) is 40.0. The lowest BCUT2D eigenvalue weighted by Gasteiger charge is -2.41. The minimum atomic E-state index is -3.08. The smallest absolute Gasteiger partial charge is 0.147 e. The average Bonchev–Trinajstić information content (AvgIpc) is 3.57. The van der Waals surface area contributed by atoms with E-state index in [0.717, 1.165) is 40.5 Å². The van der Waals surface area contributed by atoms with E-state index in [1.165, 1.54) is 0 Å². The molecule has 0 aliphatic heterocycles. The maximum Gasteiger partial charge on any atom is 0.147 e. The van der Waals surface area contributed by atoms with Crippen molar-refractivity contribution in [1.82, 2.24) is 0 Å². The van der Waals surface area contributed by atoms with Gasteiger partial charge in [-0.15, -0.1) is 0 Å². The molecule has 2 fully saturated rings. The van der Waals surface area contributed by atoms with Gasteiger partial charge in [0.2, 0.25) is 0 Å². The molecule has 0 heterocycles. The summed E-state index contributed by atoms with van der Waals surface area (Å²) in [7, 11) is -6.16. The van der Waals surface area contributed by atoms with Gasteiger partial charge in [-0.3, -0.25) is 0 Å². The van der Waals surface area contributed by atoms with Crippen LogP contribution in [-0.4, -0.2) is 11.3 Å². The quantitative estimate of drug-likeness (QED) is 0.299. The summed E-state index contributed by atoms with van der Waals surface area (Å²) < 4.78 is 31.2. The second kappa shape index (κ2) is 9.09. The highest BCUT2D eigenvalue weighted by molar-refractivity contribution is 7.83. The van der Waals surface area contributed by atoms with Gasteiger partial charge >= 0.3 is 0 Å². The predicted octanol–water partition coefficient (Wildman–Crippen LogP) is 6.18. The van der Waals surface area contributed by atoms with Crippen molar-refractivity contribution in [3.05, 3.63) is 121 Å². The summed E-state index contributed by atoms with van der Waals surface area (Å²) in [4.78, 5) is 0. The molecule has 35 heavy (non-hydrogen) atoms. The van der Waals surface area contributed by atoms with Gasteiger partial charge in [-0.2, -0.15) is 0 Å². The first-order chi connectivity index (χ1) is 17.1. The Balaban J connectivity index is 1.62. The number of rotatable bonds is 6. The zero-order valence-corrected chi connectivity index (χ0v) is 21.5. The first-order valence-electron chi connectivity index (χ1n) is 12.6. The van der Waals surface area contributed by atoms with Crippen molar-refractivity contribution in [3.8, 4) is 0 Å². The molecule has 4 aromatic carbocycles. The summed E-state index contributed by atoms with van der Waals surface area (Å²) in [5.74, 6) is 0.633. The molecular weight excluding hydrogens is 466 g/mol. The van der Waals surface area contributed by atoms with E-state index in [0.29, 0.717) is 11.8 Å². The van der Waals surface area contributed by atoms with Gasteiger partial charge < -0.3 is 9.13 Å². The molecule has 6 rings (SSSR count). The Kier molecular flexibility index (Phi) is 5.92. The van der Waals surface area contributed by atoms with Crippen molar-refractivity contribution >= 4 is 35.5 Å². The Hall–Kier alpha value is -2.66. The van der Waals surface area contributed by atoms with Gasteiger partial charge in [-0.1, -0.05) is 121 Å². The molecule has 4 aromatic rings. The summed E-state index contributed by atoms with van der Waals surface area (Å²) in [5, 5.41) is 3.56. The van der Waals surface area contributed by atoms with Gasteiger partial charge in [0.1, 0.15) is 14.3 Å². The van der Waals surface area contributed by atoms with Crippen LogP contribution in [0.15, 0.2) is 121 Å². The molecule has 4 atom stereocenters. The standard InChI is InChI=1S/C31H30O2P2/c32-34(26-13-5-1-6-14-26,27-15-7-2-8-16-27)30-24-21-22-25(23-24)31(30)35(33,28-17-9-3-10-18-28)29-19-11-4-12-20-29/h1-20,24-25,30-31H,21-23H2/t24-,25-,30+,31+/m0/s1. The zero-order valence-electron chi connectivity index (χ0n) is 19.7. The second-order valence-corrected chi connectivity index (χ2v) is 15.9. The minimum Gasteiger partial charge on any atom is -0.313 e. The van der Waals surface area contributed by atoms with Crippen molar-refractivity contribution in [2.45, 2.75) is 30.6 Å². The van der Waals surface area contributed by atoms with Crippen molar-refractivity contribution in [3.63, 3.8) is 0 Å². The van der Waals surface area contributed by atoms with Crippen LogP contribution in [0.1, 0.15) is 19.3 Å². The summed E-state index contributed by atoms with van der Waals surface area (Å²) in [6.45, 7) is 0. The normalized spacial score (nSPS) is 23.9. The highest BCUT2D eigenvalue weighted by Gasteiger charge is 2.61. The van der Waals surface area contributed by atoms with Gasteiger partial charge in [0.05, 0.1) is 0 Å². The van der Waals surface area contributed by atoms with E-state index in [2.05, 4.69) is 0 Å². The number of hydrogen-bond acceptors (Lipinski definition) is 2. The summed E-state index contributed by atoms with van der Waals surface area (Å²) >= 11 is 0. The van der Waals surface area contributed by atoms with E-state index in [9.17, 15) is 0 Å². The molecule has 0 saturated heterocycles. The van der Waals surface area contributed by atoms with E-state index < -0.39 is 14.3 Å². The Morgan fingerprint density at radius 2 is 0.686 bits per heavy atom. The molecule has 2 saturated carbocycles. The van der Waals surface area contributed by atoms with Crippen LogP contribution in [0.4, 0.5) is 0 Å². The zero-order chi connectivity index (χ0) is 23.9. The van der Waals surface area contributed by atoms with Crippen LogP contribution in [0.2, 0.25) is 0 Å². The van der Waals surface area contributed by atoms with Gasteiger partial charge in [0.15, 0.2) is 0 Å². The van der Waals surface area contributed by atoms with E-state index >= 15 is 9.13 Å². The Morgan fingerprint density at radius 3 is 0.943 bits per heavy atom. The Bertz CT molecular complexity index is 1190. The molecule has 0 amide bonds. The fourth-order valence-electron chi connectivity index (χ4n) is 6.84. The van der Waals surface area contributed by atoms with Gasteiger partial charge in [-0.05, 0) is 31.1 Å². The summed E-state index contributed by atoms with van der Waals surface area (Å²) in [6.07, 6.45) is 3.15. The molecule has 0 unspecified atom stereocenters. The molecule has 0 aromatic heterocycles. The first kappa shape index (κ1) is 22.8. The van der Waals surface area contributed by atoms with Crippen LogP contribution in [-0.2, 0) is 9.13 Å². The Labute approximate surface area is 208 Å². The van der Waals surface area contributed by atoms with E-state index in [4.69, 9.17) is 0 Å². The monoisotopic (exact) mass is 496 g/mol. The van der Waals surface area contributed by atoms with E-state index in [-0.39, 0.29) is 11.3 Å². The number of hydrogen-bond donors (Lipinski definition) is 0. The van der Waals surface area contributed by atoms with Gasteiger partial charge in [-0.25, -0.2) is 0 Å². The maximum atomic E-state index is 15.6. The van der Waals surface area contributed by atoms with Gasteiger partial charge in [0, 0.05) is 32.5 Å². The van der Waals surface area contributed by atoms with E-state index in [1.807, 2.05) is 121 Å². The fraction of sp³-hybridized carbons (Fsp3) is 0.226. The molecule has 0 spiro atoms. The lowest BCUT2D eigenvalue weighted by Crippen LogP contribution is -2.42. The van der Waals surface area contributed by atoms with Crippen LogP contribution in [0, 0.1) is 11.8 Å². The molecule has 2 aliphatic carbocycles. The van der Waals surface area contributed by atoms with Crippen molar-refractivity contribution in [2.75, 3.05) is 0 Å². The third kappa shape index (κ3) is 3.62. The predicted molar refractivity (Wildman–Crippen MR) is 148 cm³/mol. The molecule has 0 N–H and O–H groups in total. The number of fused-ring (bicyclic) bond motifs is 2. The highest BCUT2D eigenvalue weighted by Crippen LogP contribution is 2.71.